The molecule has 0 aliphatic rings. The smallest absolute Gasteiger partial charge is 0.219 e. The van der Waals surface area contributed by atoms with E-state index in [-0.39, 0.29) is 18.2 Å². The number of carbonyl (C=O) groups excluding carboxylic acids is 2. The second-order valence-corrected chi connectivity index (χ2v) is 2.43. The number of carbonyl (C=O) groups is 2. The summed E-state index contributed by atoms with van der Waals surface area (Å²) >= 11 is 0. The number of nitrogens with zero attached hydrogens (tertiary/aromatic N) is 1. The quantitative estimate of drug-likeness (QED) is 0.606. The van der Waals surface area contributed by atoms with Crippen LogP contribution >= 0.6 is 0 Å². The minimum Gasteiger partial charge on any atom is -0.336 e. The molecule has 64 valence electrons. The molecule has 0 bridgehead atoms. The van der Waals surface area contributed by atoms with Crippen molar-refractivity contribution in [1.82, 2.24) is 4.90 Å². The Morgan fingerprint density at radius 3 is 2.09 bits per heavy atom. The van der Waals surface area contributed by atoms with Crippen molar-refractivity contribution >= 4 is 11.7 Å². The molecule has 0 aliphatic heterocycles. The molecule has 0 aliphatic carbocycles. The number of Topliss-reactive ketones (excluding diaryl/α,β-unsaturated/α-hetero) is 1. The number of hydrogen-bond acceptors (Lipinski definition) is 2. The average molecular weight is 157 g/mol. The Hall–Kier alpha value is -0.860. The summed E-state index contributed by atoms with van der Waals surface area (Å²) in [6, 6.07) is 0. The lowest BCUT2D eigenvalue weighted by Gasteiger charge is -2.16. The van der Waals surface area contributed by atoms with Crippen LogP contribution in [0, 0.1) is 0 Å². The van der Waals surface area contributed by atoms with Gasteiger partial charge in [-0.3, -0.25) is 9.59 Å². The second kappa shape index (κ2) is 4.88. The molecule has 0 unspecified atom stereocenters. The molecular formula is C8H15NO2. The van der Waals surface area contributed by atoms with E-state index in [1.54, 1.807) is 6.92 Å². The average Bonchev–Trinajstić information content (AvgIpc) is 1.99. The first kappa shape index (κ1) is 10.1. The summed E-state index contributed by atoms with van der Waals surface area (Å²) in [7, 11) is 0. The Labute approximate surface area is 67.4 Å². The van der Waals surface area contributed by atoms with E-state index in [1.165, 1.54) is 11.8 Å². The third kappa shape index (κ3) is 3.75. The summed E-state index contributed by atoms with van der Waals surface area (Å²) in [5.41, 5.74) is 0. The lowest BCUT2D eigenvalue weighted by Crippen LogP contribution is -2.33. The lowest BCUT2D eigenvalue weighted by atomic mass is 10.3. The van der Waals surface area contributed by atoms with E-state index >= 15 is 0 Å². The first-order chi connectivity index (χ1) is 5.11. The van der Waals surface area contributed by atoms with Gasteiger partial charge in [-0.15, -0.1) is 0 Å². The molecule has 3 nitrogen and oxygen atoms in total. The van der Waals surface area contributed by atoms with Crippen molar-refractivity contribution in [3.8, 4) is 0 Å². The van der Waals surface area contributed by atoms with Crippen LogP contribution in [0.1, 0.15) is 27.2 Å². The molecule has 0 aromatic rings. The van der Waals surface area contributed by atoms with Crippen LogP contribution in [0.3, 0.4) is 0 Å². The van der Waals surface area contributed by atoms with E-state index in [0.717, 1.165) is 0 Å². The topological polar surface area (TPSA) is 37.4 Å². The van der Waals surface area contributed by atoms with Gasteiger partial charge in [-0.2, -0.15) is 0 Å². The van der Waals surface area contributed by atoms with Crippen molar-refractivity contribution in [3.05, 3.63) is 0 Å². The number of ketones is 1. The van der Waals surface area contributed by atoms with Crippen LogP contribution in [-0.2, 0) is 9.59 Å². The molecular weight excluding hydrogens is 142 g/mol. The summed E-state index contributed by atoms with van der Waals surface area (Å²) in [4.78, 5) is 23.2. The Morgan fingerprint density at radius 1 is 1.27 bits per heavy atom. The monoisotopic (exact) mass is 157 g/mol. The molecule has 1 amide bonds. The predicted molar refractivity (Wildman–Crippen MR) is 43.2 cm³/mol. The van der Waals surface area contributed by atoms with Gasteiger partial charge in [-0.25, -0.2) is 0 Å². The third-order valence-corrected chi connectivity index (χ3v) is 1.59. The summed E-state index contributed by atoms with van der Waals surface area (Å²) < 4.78 is 0. The maximum absolute atomic E-state index is 10.9. The molecule has 3 heteroatoms. The van der Waals surface area contributed by atoms with Gasteiger partial charge in [0.1, 0.15) is 0 Å². The van der Waals surface area contributed by atoms with Gasteiger partial charge in [0, 0.05) is 19.9 Å². The van der Waals surface area contributed by atoms with Crippen LogP contribution in [0.25, 0.3) is 0 Å². The zero-order valence-electron chi connectivity index (χ0n) is 7.39. The Balaban J connectivity index is 3.88. The summed E-state index contributed by atoms with van der Waals surface area (Å²) in [5, 5.41) is 0. The highest BCUT2D eigenvalue weighted by Crippen LogP contribution is 1.91. The van der Waals surface area contributed by atoms with Gasteiger partial charge in [-0.1, -0.05) is 6.92 Å². The van der Waals surface area contributed by atoms with Crippen molar-refractivity contribution in [2.24, 2.45) is 0 Å². The first-order valence-electron chi connectivity index (χ1n) is 3.89. The maximum Gasteiger partial charge on any atom is 0.219 e. The minimum atomic E-state index is -0.0331. The van der Waals surface area contributed by atoms with Gasteiger partial charge < -0.3 is 4.90 Å². The van der Waals surface area contributed by atoms with Gasteiger partial charge in [0.2, 0.25) is 5.91 Å². The van der Waals surface area contributed by atoms with E-state index in [4.69, 9.17) is 0 Å². The second-order valence-electron chi connectivity index (χ2n) is 2.43. The van der Waals surface area contributed by atoms with Gasteiger partial charge in [0.25, 0.3) is 0 Å². The number of rotatable bonds is 4. The molecule has 0 N–H and O–H groups in total. The molecule has 0 heterocycles. The van der Waals surface area contributed by atoms with Crippen LogP contribution in [0.15, 0.2) is 0 Å². The summed E-state index contributed by atoms with van der Waals surface area (Å²) in [6.07, 6.45) is 0.504. The molecule has 0 aromatic heterocycles. The molecule has 0 saturated heterocycles. The molecule has 0 rings (SSSR count). The standard InChI is InChI=1S/C8H15NO2/c1-4-8(11)6-9(5-2)7(3)10/h4-6H2,1-3H3. The van der Waals surface area contributed by atoms with Crippen molar-refractivity contribution in [2.75, 3.05) is 13.1 Å². The van der Waals surface area contributed by atoms with Crippen molar-refractivity contribution in [2.45, 2.75) is 27.2 Å². The summed E-state index contributed by atoms with van der Waals surface area (Å²) in [5.74, 6) is 0.0800. The predicted octanol–water partition coefficient (Wildman–Crippen LogP) is 0.834. The van der Waals surface area contributed by atoms with Gasteiger partial charge in [-0.05, 0) is 6.92 Å². The van der Waals surface area contributed by atoms with Gasteiger partial charge in [0.05, 0.1) is 6.54 Å². The fourth-order valence-corrected chi connectivity index (χ4v) is 0.770. The highest BCUT2D eigenvalue weighted by atomic mass is 16.2. The molecule has 11 heavy (non-hydrogen) atoms. The Bertz CT molecular complexity index is 154. The molecule has 0 spiro atoms. The zero-order chi connectivity index (χ0) is 8.85. The summed E-state index contributed by atoms with van der Waals surface area (Å²) in [6.45, 7) is 6.02. The lowest BCUT2D eigenvalue weighted by molar-refractivity contribution is -0.133. The molecule has 0 atom stereocenters. The van der Waals surface area contributed by atoms with Crippen molar-refractivity contribution < 1.29 is 9.59 Å². The van der Waals surface area contributed by atoms with Crippen molar-refractivity contribution in [1.29, 1.82) is 0 Å². The minimum absolute atomic E-state index is 0.0331. The normalized spacial score (nSPS) is 9.36. The molecule has 0 aromatic carbocycles. The highest BCUT2D eigenvalue weighted by molar-refractivity contribution is 5.84. The maximum atomic E-state index is 10.9. The zero-order valence-corrected chi connectivity index (χ0v) is 7.39. The van der Waals surface area contributed by atoms with Crippen molar-refractivity contribution in [3.63, 3.8) is 0 Å². The van der Waals surface area contributed by atoms with Gasteiger partial charge in [0.15, 0.2) is 5.78 Å². The van der Waals surface area contributed by atoms with E-state index in [0.29, 0.717) is 13.0 Å². The Kier molecular flexibility index (Phi) is 4.50. The van der Waals surface area contributed by atoms with Crippen LogP contribution in [-0.4, -0.2) is 29.7 Å². The molecule has 0 radical (unpaired) electrons. The van der Waals surface area contributed by atoms with Gasteiger partial charge >= 0.3 is 0 Å². The SMILES string of the molecule is CCC(=O)CN(CC)C(C)=O. The third-order valence-electron chi connectivity index (χ3n) is 1.59. The first-order valence-corrected chi connectivity index (χ1v) is 3.89. The van der Waals surface area contributed by atoms with E-state index in [1.807, 2.05) is 6.92 Å². The number of likely N-dealkylation sites (N-methyl/N-ethyl adjacent to an activating group) is 1. The van der Waals surface area contributed by atoms with E-state index in [2.05, 4.69) is 0 Å². The van der Waals surface area contributed by atoms with E-state index in [9.17, 15) is 9.59 Å². The van der Waals surface area contributed by atoms with Crippen LogP contribution in [0.4, 0.5) is 0 Å². The number of hydrogen-bond donors (Lipinski definition) is 0. The van der Waals surface area contributed by atoms with Crippen LogP contribution in [0.2, 0.25) is 0 Å². The highest BCUT2D eigenvalue weighted by Gasteiger charge is 2.08. The molecule has 0 fully saturated rings. The molecule has 0 saturated carbocycles. The largest absolute Gasteiger partial charge is 0.336 e. The Morgan fingerprint density at radius 2 is 1.82 bits per heavy atom. The van der Waals surface area contributed by atoms with E-state index < -0.39 is 0 Å². The van der Waals surface area contributed by atoms with Crippen LogP contribution in [0.5, 0.6) is 0 Å². The number of amides is 1. The fraction of sp³-hybridized carbons (Fsp3) is 0.750. The fourth-order valence-electron chi connectivity index (χ4n) is 0.770. The van der Waals surface area contributed by atoms with Crippen LogP contribution < -0.4 is 0 Å².